The number of aromatic nitrogens is 2. The molecule has 114 valence electrons. The number of aliphatic carboxylic acids is 1. The van der Waals surface area contributed by atoms with Gasteiger partial charge in [-0.25, -0.2) is 4.98 Å². The van der Waals surface area contributed by atoms with Crippen molar-refractivity contribution in [2.75, 3.05) is 5.75 Å². The molecule has 0 aromatic carbocycles. The van der Waals surface area contributed by atoms with Gasteiger partial charge in [0.25, 0.3) is 5.56 Å². The first-order valence-corrected chi connectivity index (χ1v) is 8.41. The quantitative estimate of drug-likeness (QED) is 0.408. The molecule has 6 nitrogen and oxygen atoms in total. The van der Waals surface area contributed by atoms with Gasteiger partial charge in [-0.05, 0) is 18.6 Å². The third kappa shape index (κ3) is 3.07. The molecule has 3 aromatic heterocycles. The van der Waals surface area contributed by atoms with Gasteiger partial charge >= 0.3 is 5.97 Å². The lowest BCUT2D eigenvalue weighted by molar-refractivity contribution is -0.137. The maximum absolute atomic E-state index is 12.3. The van der Waals surface area contributed by atoms with Gasteiger partial charge in [0.1, 0.15) is 10.6 Å². The van der Waals surface area contributed by atoms with Crippen LogP contribution in [0.5, 0.6) is 0 Å². The summed E-state index contributed by atoms with van der Waals surface area (Å²) in [7, 11) is 0. The number of carboxylic acids is 1. The molecule has 0 amide bonds. The summed E-state index contributed by atoms with van der Waals surface area (Å²) in [4.78, 5) is 30.6. The van der Waals surface area contributed by atoms with Crippen molar-refractivity contribution < 1.29 is 14.3 Å². The van der Waals surface area contributed by atoms with Crippen LogP contribution in [0.25, 0.3) is 21.5 Å². The van der Waals surface area contributed by atoms with E-state index in [0.717, 1.165) is 5.56 Å². The topological polar surface area (TPSA) is 96.2 Å². The molecule has 0 atom stereocenters. The van der Waals surface area contributed by atoms with Crippen LogP contribution in [0.15, 0.2) is 38.1 Å². The highest BCUT2D eigenvalue weighted by atomic mass is 32.2. The lowest BCUT2D eigenvalue weighted by atomic mass is 10.2. The molecule has 0 aliphatic carbocycles. The fourth-order valence-corrected chi connectivity index (χ4v) is 3.79. The molecule has 0 aliphatic heterocycles. The van der Waals surface area contributed by atoms with E-state index in [1.165, 1.54) is 23.1 Å². The number of H-pyrrole nitrogens is 1. The molecule has 0 spiro atoms. The largest absolute Gasteiger partial charge is 0.481 e. The van der Waals surface area contributed by atoms with Gasteiger partial charge < -0.3 is 14.5 Å². The van der Waals surface area contributed by atoms with E-state index in [1.807, 2.05) is 5.38 Å². The van der Waals surface area contributed by atoms with Crippen LogP contribution in [0.4, 0.5) is 0 Å². The van der Waals surface area contributed by atoms with Crippen LogP contribution in [0, 0.1) is 0 Å². The number of hydrogen-bond acceptors (Lipinski definition) is 6. The summed E-state index contributed by atoms with van der Waals surface area (Å²) < 4.78 is 5.34. The normalized spacial score (nSPS) is 11.1. The van der Waals surface area contributed by atoms with E-state index < -0.39 is 5.97 Å². The molecule has 3 aromatic rings. The molecule has 0 radical (unpaired) electrons. The van der Waals surface area contributed by atoms with Gasteiger partial charge in [-0.1, -0.05) is 11.8 Å². The molecule has 0 saturated carbocycles. The summed E-state index contributed by atoms with van der Waals surface area (Å²) in [5.41, 5.74) is 0.527. The Balaban J connectivity index is 1.85. The molecular formula is C14H12N2O4S2. The Morgan fingerprint density at radius 2 is 2.36 bits per heavy atom. The Hall–Kier alpha value is -2.06. The molecule has 3 rings (SSSR count). The molecule has 22 heavy (non-hydrogen) atoms. The van der Waals surface area contributed by atoms with Gasteiger partial charge in [0.05, 0.1) is 11.6 Å². The van der Waals surface area contributed by atoms with Gasteiger partial charge in [0.2, 0.25) is 0 Å². The zero-order chi connectivity index (χ0) is 15.5. The highest BCUT2D eigenvalue weighted by Crippen LogP contribution is 2.31. The lowest BCUT2D eigenvalue weighted by Crippen LogP contribution is -2.08. The van der Waals surface area contributed by atoms with Gasteiger partial charge in [-0.15, -0.1) is 11.3 Å². The summed E-state index contributed by atoms with van der Waals surface area (Å²) in [5, 5.41) is 11.5. The second kappa shape index (κ2) is 6.37. The van der Waals surface area contributed by atoms with Crippen molar-refractivity contribution in [1.82, 2.24) is 9.97 Å². The van der Waals surface area contributed by atoms with Crippen molar-refractivity contribution in [2.24, 2.45) is 0 Å². The Kier molecular flexibility index (Phi) is 4.30. The van der Waals surface area contributed by atoms with Crippen molar-refractivity contribution in [1.29, 1.82) is 0 Å². The Labute approximate surface area is 133 Å². The Bertz CT molecular complexity index is 851. The summed E-state index contributed by atoms with van der Waals surface area (Å²) in [5.74, 6) is 0.413. The SMILES string of the molecule is O=C(O)CCCSc1nc2scc(-c3ccco3)c2c(=O)[nH]1. The van der Waals surface area contributed by atoms with Crippen molar-refractivity contribution >= 4 is 39.3 Å². The number of hydrogen-bond donors (Lipinski definition) is 2. The summed E-state index contributed by atoms with van der Waals surface area (Å²) in [6, 6.07) is 3.57. The number of aromatic amines is 1. The smallest absolute Gasteiger partial charge is 0.303 e. The van der Waals surface area contributed by atoms with Crippen LogP contribution in [0.3, 0.4) is 0 Å². The molecule has 0 fully saturated rings. The lowest BCUT2D eigenvalue weighted by Gasteiger charge is -2.00. The van der Waals surface area contributed by atoms with Crippen molar-refractivity contribution in [3.05, 3.63) is 34.1 Å². The van der Waals surface area contributed by atoms with E-state index in [0.29, 0.717) is 33.3 Å². The number of nitrogens with zero attached hydrogens (tertiary/aromatic N) is 1. The first-order valence-electron chi connectivity index (χ1n) is 6.55. The first kappa shape index (κ1) is 14.9. The van der Waals surface area contributed by atoms with Gasteiger partial charge in [-0.3, -0.25) is 9.59 Å². The van der Waals surface area contributed by atoms with E-state index in [1.54, 1.807) is 18.4 Å². The minimum absolute atomic E-state index is 0.112. The van der Waals surface area contributed by atoms with Crippen LogP contribution < -0.4 is 5.56 Å². The average Bonchev–Trinajstić information content (AvgIpc) is 3.11. The number of fused-ring (bicyclic) bond motifs is 1. The number of rotatable bonds is 6. The van der Waals surface area contributed by atoms with Crippen LogP contribution in [-0.4, -0.2) is 26.8 Å². The Morgan fingerprint density at radius 1 is 1.50 bits per heavy atom. The molecule has 0 aliphatic rings. The molecule has 0 saturated heterocycles. The number of thioether (sulfide) groups is 1. The second-order valence-corrected chi connectivity index (χ2v) is 6.47. The number of nitrogens with one attached hydrogen (secondary N) is 1. The third-order valence-electron chi connectivity index (χ3n) is 2.98. The average molecular weight is 336 g/mol. The van der Waals surface area contributed by atoms with Gasteiger partial charge in [0, 0.05) is 23.1 Å². The minimum atomic E-state index is -0.821. The molecule has 0 bridgehead atoms. The van der Waals surface area contributed by atoms with Crippen LogP contribution in [0.2, 0.25) is 0 Å². The molecular weight excluding hydrogens is 324 g/mol. The van der Waals surface area contributed by atoms with E-state index >= 15 is 0 Å². The van der Waals surface area contributed by atoms with Crippen LogP contribution in [-0.2, 0) is 4.79 Å². The second-order valence-electron chi connectivity index (χ2n) is 4.52. The summed E-state index contributed by atoms with van der Waals surface area (Å²) in [6.45, 7) is 0. The van der Waals surface area contributed by atoms with Gasteiger partial charge in [0.15, 0.2) is 5.16 Å². The highest BCUT2D eigenvalue weighted by Gasteiger charge is 2.14. The van der Waals surface area contributed by atoms with E-state index in [-0.39, 0.29) is 12.0 Å². The number of thiophene rings is 1. The molecule has 0 unspecified atom stereocenters. The van der Waals surface area contributed by atoms with Crippen LogP contribution >= 0.6 is 23.1 Å². The van der Waals surface area contributed by atoms with E-state index in [4.69, 9.17) is 9.52 Å². The zero-order valence-corrected chi connectivity index (χ0v) is 13.0. The van der Waals surface area contributed by atoms with Crippen molar-refractivity contribution in [2.45, 2.75) is 18.0 Å². The summed E-state index contributed by atoms with van der Waals surface area (Å²) in [6.07, 6.45) is 2.21. The standard InChI is InChI=1S/C14H12N2O4S2/c17-10(18)4-2-6-21-14-15-12(19)11-8(7-22-13(11)16-14)9-3-1-5-20-9/h1,3,5,7H,2,4,6H2,(H,17,18)(H,15,16,19). The fraction of sp³-hybridized carbons (Fsp3) is 0.214. The highest BCUT2D eigenvalue weighted by molar-refractivity contribution is 7.99. The number of carbonyl (C=O) groups is 1. The van der Waals surface area contributed by atoms with E-state index in [2.05, 4.69) is 9.97 Å². The maximum Gasteiger partial charge on any atom is 0.303 e. The zero-order valence-electron chi connectivity index (χ0n) is 11.4. The van der Waals surface area contributed by atoms with Crippen LogP contribution in [0.1, 0.15) is 12.8 Å². The number of carboxylic acid groups (broad SMARTS) is 1. The fourth-order valence-electron chi connectivity index (χ4n) is 2.00. The monoisotopic (exact) mass is 336 g/mol. The first-order chi connectivity index (χ1) is 10.6. The summed E-state index contributed by atoms with van der Waals surface area (Å²) >= 11 is 2.74. The Morgan fingerprint density at radius 3 is 3.09 bits per heavy atom. The van der Waals surface area contributed by atoms with Crippen molar-refractivity contribution in [3.8, 4) is 11.3 Å². The predicted molar refractivity (Wildman–Crippen MR) is 85.5 cm³/mol. The maximum atomic E-state index is 12.3. The molecule has 2 N–H and O–H groups in total. The van der Waals surface area contributed by atoms with Crippen molar-refractivity contribution in [3.63, 3.8) is 0 Å². The number of furan rings is 1. The molecule has 8 heteroatoms. The minimum Gasteiger partial charge on any atom is -0.481 e. The predicted octanol–water partition coefficient (Wildman–Crippen LogP) is 3.20. The van der Waals surface area contributed by atoms with E-state index in [9.17, 15) is 9.59 Å². The van der Waals surface area contributed by atoms with Gasteiger partial charge in [-0.2, -0.15) is 0 Å². The molecule has 3 heterocycles. The third-order valence-corrected chi connectivity index (χ3v) is 4.81.